The number of likely N-dealkylation sites (tertiary alicyclic amines) is 1. The van der Waals surface area contributed by atoms with Crippen LogP contribution in [-0.2, 0) is 16.1 Å². The molecular formula is C33H30N2O5. The molecule has 0 radical (unpaired) electrons. The number of benzene rings is 3. The number of pyridine rings is 1. The van der Waals surface area contributed by atoms with Crippen LogP contribution in [0.5, 0.6) is 17.2 Å². The van der Waals surface area contributed by atoms with Crippen molar-refractivity contribution in [3.05, 3.63) is 126 Å². The summed E-state index contributed by atoms with van der Waals surface area (Å²) < 4.78 is 11.9. The molecule has 7 heteroatoms. The van der Waals surface area contributed by atoms with Crippen molar-refractivity contribution in [2.75, 3.05) is 6.61 Å². The van der Waals surface area contributed by atoms with E-state index in [1.807, 2.05) is 56.3 Å². The van der Waals surface area contributed by atoms with E-state index in [2.05, 4.69) is 4.98 Å². The van der Waals surface area contributed by atoms with Gasteiger partial charge >= 0.3 is 0 Å². The normalized spacial score (nSPS) is 16.4. The first-order valence-corrected chi connectivity index (χ1v) is 13.1. The third-order valence-corrected chi connectivity index (χ3v) is 6.44. The standard InChI is InChI=1S/C33H30N2O5/c1-22(2)21-39-27-15-9-11-24(19-27)31(36)29-30(35(33(38)32(29)37)20-25-12-6-7-17-34-25)23-10-8-16-28(18-23)40-26-13-4-3-5-14-26/h3-19,22,30,36H,20-21H2,1-2H3/b31-29-. The van der Waals surface area contributed by atoms with E-state index in [4.69, 9.17) is 9.47 Å². The van der Waals surface area contributed by atoms with Crippen LogP contribution in [0.4, 0.5) is 0 Å². The molecule has 40 heavy (non-hydrogen) atoms. The number of para-hydroxylation sites is 1. The van der Waals surface area contributed by atoms with Crippen LogP contribution < -0.4 is 9.47 Å². The molecule has 3 aromatic carbocycles. The highest BCUT2D eigenvalue weighted by atomic mass is 16.5. The summed E-state index contributed by atoms with van der Waals surface area (Å²) in [6.07, 6.45) is 1.64. The number of carbonyl (C=O) groups is 2. The van der Waals surface area contributed by atoms with Crippen molar-refractivity contribution in [2.24, 2.45) is 5.92 Å². The van der Waals surface area contributed by atoms with Gasteiger partial charge in [-0.25, -0.2) is 0 Å². The Labute approximate surface area is 233 Å². The van der Waals surface area contributed by atoms with Crippen LogP contribution in [0.25, 0.3) is 5.76 Å². The molecule has 2 heterocycles. The fourth-order valence-electron chi connectivity index (χ4n) is 4.58. The molecule has 1 N–H and O–H groups in total. The Morgan fingerprint density at radius 2 is 1.60 bits per heavy atom. The van der Waals surface area contributed by atoms with E-state index in [1.165, 1.54) is 4.90 Å². The van der Waals surface area contributed by atoms with Crippen molar-refractivity contribution >= 4 is 17.4 Å². The highest BCUT2D eigenvalue weighted by Gasteiger charge is 2.46. The van der Waals surface area contributed by atoms with Gasteiger partial charge in [0.25, 0.3) is 11.7 Å². The minimum absolute atomic E-state index is 0.00111. The molecule has 1 unspecified atom stereocenters. The molecule has 202 valence electrons. The molecule has 0 spiro atoms. The number of hydrogen-bond donors (Lipinski definition) is 1. The molecule has 1 saturated heterocycles. The number of ether oxygens (including phenoxy) is 2. The van der Waals surface area contributed by atoms with Gasteiger partial charge in [-0.1, -0.05) is 62.4 Å². The fourth-order valence-corrected chi connectivity index (χ4v) is 4.58. The van der Waals surface area contributed by atoms with Gasteiger partial charge in [0.2, 0.25) is 0 Å². The lowest BCUT2D eigenvalue weighted by atomic mass is 9.95. The van der Waals surface area contributed by atoms with Gasteiger partial charge in [0.1, 0.15) is 23.0 Å². The van der Waals surface area contributed by atoms with Crippen molar-refractivity contribution in [2.45, 2.75) is 26.4 Å². The maximum Gasteiger partial charge on any atom is 0.296 e. The molecule has 1 fully saturated rings. The van der Waals surface area contributed by atoms with E-state index in [9.17, 15) is 14.7 Å². The van der Waals surface area contributed by atoms with E-state index in [0.29, 0.717) is 46.6 Å². The van der Waals surface area contributed by atoms with Crippen molar-refractivity contribution in [3.63, 3.8) is 0 Å². The number of carbonyl (C=O) groups excluding carboxylic acids is 2. The van der Waals surface area contributed by atoms with Gasteiger partial charge in [-0.2, -0.15) is 0 Å². The van der Waals surface area contributed by atoms with Crippen molar-refractivity contribution in [1.82, 2.24) is 9.88 Å². The second-order valence-corrected chi connectivity index (χ2v) is 9.97. The molecule has 1 amide bonds. The monoisotopic (exact) mass is 534 g/mol. The largest absolute Gasteiger partial charge is 0.507 e. The average Bonchev–Trinajstić information content (AvgIpc) is 3.22. The number of rotatable bonds is 9. The molecule has 7 nitrogen and oxygen atoms in total. The number of nitrogens with zero attached hydrogens (tertiary/aromatic N) is 2. The fraction of sp³-hybridized carbons (Fsp3) is 0.182. The van der Waals surface area contributed by atoms with E-state index in [-0.39, 0.29) is 17.9 Å². The highest BCUT2D eigenvalue weighted by molar-refractivity contribution is 6.46. The summed E-state index contributed by atoms with van der Waals surface area (Å²) >= 11 is 0. The zero-order valence-electron chi connectivity index (χ0n) is 22.4. The summed E-state index contributed by atoms with van der Waals surface area (Å²) in [6.45, 7) is 4.69. The Bertz CT molecular complexity index is 1530. The van der Waals surface area contributed by atoms with Gasteiger partial charge in [0.15, 0.2) is 0 Å². The van der Waals surface area contributed by atoms with Crippen molar-refractivity contribution in [1.29, 1.82) is 0 Å². The van der Waals surface area contributed by atoms with E-state index < -0.39 is 17.7 Å². The highest BCUT2D eigenvalue weighted by Crippen LogP contribution is 2.41. The maximum atomic E-state index is 13.5. The molecule has 1 aliphatic heterocycles. The first kappa shape index (κ1) is 26.7. The third kappa shape index (κ3) is 5.89. The molecule has 1 atom stereocenters. The quantitative estimate of drug-likeness (QED) is 0.149. The summed E-state index contributed by atoms with van der Waals surface area (Å²) in [5.41, 5.74) is 1.63. The van der Waals surface area contributed by atoms with Gasteiger partial charge in [-0.3, -0.25) is 14.6 Å². The SMILES string of the molecule is CC(C)COc1cccc(/C(O)=C2/C(=O)C(=O)N(Cc3ccccn3)C2c2cccc(Oc3ccccc3)c2)c1. The number of hydrogen-bond acceptors (Lipinski definition) is 6. The molecule has 0 bridgehead atoms. The maximum absolute atomic E-state index is 13.5. The topological polar surface area (TPSA) is 89.0 Å². The number of aliphatic hydroxyl groups is 1. The molecule has 5 rings (SSSR count). The second-order valence-electron chi connectivity index (χ2n) is 9.97. The molecule has 1 aliphatic rings. The molecular weight excluding hydrogens is 504 g/mol. The van der Waals surface area contributed by atoms with E-state index in [0.717, 1.165) is 0 Å². The number of amides is 1. The zero-order valence-corrected chi connectivity index (χ0v) is 22.4. The summed E-state index contributed by atoms with van der Waals surface area (Å²) in [6, 6.07) is 28.0. The van der Waals surface area contributed by atoms with Gasteiger partial charge in [0.05, 0.1) is 30.5 Å². The molecule has 4 aromatic rings. The Hall–Kier alpha value is -4.91. The van der Waals surface area contributed by atoms with Gasteiger partial charge in [0, 0.05) is 11.8 Å². The van der Waals surface area contributed by atoms with Crippen LogP contribution in [-0.4, -0.2) is 33.3 Å². The van der Waals surface area contributed by atoms with Crippen LogP contribution in [0.3, 0.4) is 0 Å². The minimum Gasteiger partial charge on any atom is -0.507 e. The Morgan fingerprint density at radius 1 is 0.875 bits per heavy atom. The summed E-state index contributed by atoms with van der Waals surface area (Å²) in [4.78, 5) is 32.7. The first-order valence-electron chi connectivity index (χ1n) is 13.1. The molecule has 0 saturated carbocycles. The smallest absolute Gasteiger partial charge is 0.296 e. The van der Waals surface area contributed by atoms with Crippen LogP contribution >= 0.6 is 0 Å². The lowest BCUT2D eigenvalue weighted by molar-refractivity contribution is -0.140. The van der Waals surface area contributed by atoms with E-state index >= 15 is 0 Å². The average molecular weight is 535 g/mol. The predicted octanol–water partition coefficient (Wildman–Crippen LogP) is 6.53. The van der Waals surface area contributed by atoms with Crippen LogP contribution in [0.15, 0.2) is 109 Å². The van der Waals surface area contributed by atoms with Crippen molar-refractivity contribution in [3.8, 4) is 17.2 Å². The lowest BCUT2D eigenvalue weighted by Crippen LogP contribution is -2.29. The summed E-state index contributed by atoms with van der Waals surface area (Å²) in [5, 5.41) is 11.5. The van der Waals surface area contributed by atoms with Gasteiger partial charge < -0.3 is 19.5 Å². The summed E-state index contributed by atoms with van der Waals surface area (Å²) in [5.74, 6) is 0.336. The van der Waals surface area contributed by atoms with Crippen LogP contribution in [0.2, 0.25) is 0 Å². The zero-order chi connectivity index (χ0) is 28.1. The number of ketones is 1. The minimum atomic E-state index is -0.860. The molecule has 0 aliphatic carbocycles. The Balaban J connectivity index is 1.58. The third-order valence-electron chi connectivity index (χ3n) is 6.44. The lowest BCUT2D eigenvalue weighted by Gasteiger charge is -2.25. The van der Waals surface area contributed by atoms with Crippen LogP contribution in [0.1, 0.15) is 36.7 Å². The predicted molar refractivity (Wildman–Crippen MR) is 152 cm³/mol. The van der Waals surface area contributed by atoms with Crippen LogP contribution in [0, 0.1) is 5.92 Å². The number of aromatic nitrogens is 1. The molecule has 1 aromatic heterocycles. The van der Waals surface area contributed by atoms with Gasteiger partial charge in [-0.05, 0) is 60.0 Å². The summed E-state index contributed by atoms with van der Waals surface area (Å²) in [7, 11) is 0. The number of Topliss-reactive ketones (excluding diaryl/α,β-unsaturated/α-hetero) is 1. The van der Waals surface area contributed by atoms with Crippen molar-refractivity contribution < 1.29 is 24.2 Å². The second kappa shape index (κ2) is 11.9. The van der Waals surface area contributed by atoms with E-state index in [1.54, 1.807) is 60.8 Å². The van der Waals surface area contributed by atoms with Gasteiger partial charge in [-0.15, -0.1) is 0 Å². The Morgan fingerprint density at radius 3 is 2.35 bits per heavy atom. The number of aliphatic hydroxyl groups excluding tert-OH is 1. The first-order chi connectivity index (χ1) is 19.4. The Kier molecular flexibility index (Phi) is 7.92.